The number of aromatic nitrogens is 1. The lowest BCUT2D eigenvalue weighted by Gasteiger charge is -2.06. The van der Waals surface area contributed by atoms with E-state index in [-0.39, 0.29) is 0 Å². The molecule has 0 saturated heterocycles. The maximum Gasteiger partial charge on any atom is 0.209 e. The lowest BCUT2D eigenvalue weighted by molar-refractivity contribution is 0.587. The molecule has 0 radical (unpaired) electrons. The van der Waals surface area contributed by atoms with Crippen LogP contribution >= 0.6 is 0 Å². The third-order valence-corrected chi connectivity index (χ3v) is 3.51. The molecule has 0 unspecified atom stereocenters. The fourth-order valence-corrected chi connectivity index (χ4v) is 2.21. The molecule has 5 nitrogen and oxygen atoms in total. The Hall–Kier alpha value is -1.92. The highest BCUT2D eigenvalue weighted by Gasteiger charge is 2.03. The van der Waals surface area contributed by atoms with Crippen LogP contribution in [0.2, 0.25) is 0 Å². The summed E-state index contributed by atoms with van der Waals surface area (Å²) >= 11 is 0. The van der Waals surface area contributed by atoms with Crippen molar-refractivity contribution < 1.29 is 8.42 Å². The Morgan fingerprint density at radius 1 is 1.04 bits per heavy atom. The van der Waals surface area contributed by atoms with Gasteiger partial charge in [-0.1, -0.05) is 44.5 Å². The van der Waals surface area contributed by atoms with Crippen LogP contribution in [0.5, 0.6) is 0 Å². The monoisotopic (exact) mass is 335 g/mol. The van der Waals surface area contributed by atoms with Gasteiger partial charge in [-0.3, -0.25) is 0 Å². The molecule has 0 aliphatic heterocycles. The highest BCUT2D eigenvalue weighted by molar-refractivity contribution is 7.88. The average molecular weight is 335 g/mol. The van der Waals surface area contributed by atoms with Crippen molar-refractivity contribution in [3.05, 3.63) is 48.2 Å². The summed E-state index contributed by atoms with van der Waals surface area (Å²) in [5, 5.41) is 3.00. The first kappa shape index (κ1) is 19.1. The van der Waals surface area contributed by atoms with Gasteiger partial charge in [-0.2, -0.15) is 0 Å². The summed E-state index contributed by atoms with van der Waals surface area (Å²) in [6.07, 6.45) is 4.15. The predicted octanol–water partition coefficient (Wildman–Crippen LogP) is 3.26. The molecule has 1 heterocycles. The van der Waals surface area contributed by atoms with Gasteiger partial charge in [-0.15, -0.1) is 0 Å². The van der Waals surface area contributed by atoms with Crippen molar-refractivity contribution in [2.24, 2.45) is 0 Å². The fourth-order valence-electron chi connectivity index (χ4n) is 1.78. The first-order valence-corrected chi connectivity index (χ1v) is 9.46. The molecule has 0 spiro atoms. The second-order valence-corrected chi connectivity index (χ2v) is 7.01. The number of pyridine rings is 1. The lowest BCUT2D eigenvalue weighted by atomic mass is 10.1. The summed E-state index contributed by atoms with van der Waals surface area (Å²) in [4.78, 5) is 4.17. The highest BCUT2D eigenvalue weighted by Crippen LogP contribution is 2.21. The molecule has 2 aromatic rings. The number of anilines is 1. The molecule has 0 bridgehead atoms. The Kier molecular flexibility index (Phi) is 7.71. The SMILES string of the molecule is CCC.CNc1cc(-c2ccc(CNS(C)(=O)=O)cc2)ccn1. The Labute approximate surface area is 139 Å². The van der Waals surface area contributed by atoms with E-state index in [2.05, 4.69) is 28.9 Å². The minimum atomic E-state index is -3.16. The van der Waals surface area contributed by atoms with Crippen LogP contribution in [0.25, 0.3) is 11.1 Å². The molecule has 2 N–H and O–H groups in total. The van der Waals surface area contributed by atoms with E-state index in [4.69, 9.17) is 0 Å². The molecule has 0 fully saturated rings. The van der Waals surface area contributed by atoms with Gasteiger partial charge in [0, 0.05) is 19.8 Å². The van der Waals surface area contributed by atoms with E-state index in [1.807, 2.05) is 43.4 Å². The van der Waals surface area contributed by atoms with Gasteiger partial charge in [0.1, 0.15) is 5.82 Å². The Bertz CT molecular complexity index is 698. The molecule has 0 saturated carbocycles. The molecule has 0 atom stereocenters. The van der Waals surface area contributed by atoms with Crippen LogP contribution in [0.15, 0.2) is 42.6 Å². The standard InChI is InChI=1S/C14H17N3O2S.C3H8/c1-15-14-9-13(7-8-16-14)12-5-3-11(4-6-12)10-17-20(2,18)19;1-3-2/h3-9,17H,10H2,1-2H3,(H,15,16);3H2,1-2H3. The van der Waals surface area contributed by atoms with Crippen molar-refractivity contribution in [3.63, 3.8) is 0 Å². The number of hydrogen-bond donors (Lipinski definition) is 2. The van der Waals surface area contributed by atoms with Crippen LogP contribution in [0.3, 0.4) is 0 Å². The van der Waals surface area contributed by atoms with Gasteiger partial charge in [0.25, 0.3) is 0 Å². The summed E-state index contributed by atoms with van der Waals surface area (Å²) in [5.74, 6) is 0.810. The van der Waals surface area contributed by atoms with Gasteiger partial charge in [0.15, 0.2) is 0 Å². The third kappa shape index (κ3) is 7.25. The average Bonchev–Trinajstić information content (AvgIpc) is 2.53. The third-order valence-electron chi connectivity index (χ3n) is 2.84. The van der Waals surface area contributed by atoms with E-state index in [1.54, 1.807) is 6.20 Å². The smallest absolute Gasteiger partial charge is 0.209 e. The minimum Gasteiger partial charge on any atom is -0.373 e. The molecule has 2 rings (SSSR count). The Morgan fingerprint density at radius 2 is 1.65 bits per heavy atom. The maximum absolute atomic E-state index is 11.0. The van der Waals surface area contributed by atoms with Crippen molar-refractivity contribution in [3.8, 4) is 11.1 Å². The zero-order valence-corrected chi connectivity index (χ0v) is 14.9. The van der Waals surface area contributed by atoms with E-state index >= 15 is 0 Å². The van der Waals surface area contributed by atoms with E-state index in [1.165, 1.54) is 6.42 Å². The molecule has 0 aliphatic rings. The van der Waals surface area contributed by atoms with Crippen LogP contribution in [0.4, 0.5) is 5.82 Å². The molecule has 1 aromatic carbocycles. The quantitative estimate of drug-likeness (QED) is 0.880. The van der Waals surface area contributed by atoms with Crippen molar-refractivity contribution in [1.82, 2.24) is 9.71 Å². The summed E-state index contributed by atoms with van der Waals surface area (Å²) in [6, 6.07) is 11.6. The molecule has 0 aliphatic carbocycles. The van der Waals surface area contributed by atoms with E-state index in [9.17, 15) is 8.42 Å². The number of benzene rings is 1. The van der Waals surface area contributed by atoms with E-state index in [0.29, 0.717) is 6.54 Å². The number of nitrogens with zero attached hydrogens (tertiary/aromatic N) is 1. The summed E-state index contributed by atoms with van der Waals surface area (Å²) in [5.41, 5.74) is 3.04. The van der Waals surface area contributed by atoms with E-state index < -0.39 is 10.0 Å². The van der Waals surface area contributed by atoms with Gasteiger partial charge < -0.3 is 5.32 Å². The minimum absolute atomic E-state index is 0.303. The number of sulfonamides is 1. The number of hydrogen-bond acceptors (Lipinski definition) is 4. The molecule has 1 aromatic heterocycles. The van der Waals surface area contributed by atoms with E-state index in [0.717, 1.165) is 28.8 Å². The first-order chi connectivity index (χ1) is 10.9. The number of rotatable bonds is 5. The largest absolute Gasteiger partial charge is 0.373 e. The second-order valence-electron chi connectivity index (χ2n) is 5.18. The summed E-state index contributed by atoms with van der Waals surface area (Å²) in [6.45, 7) is 4.55. The number of nitrogens with one attached hydrogen (secondary N) is 2. The van der Waals surface area contributed by atoms with Crippen LogP contribution in [-0.4, -0.2) is 26.7 Å². The summed E-state index contributed by atoms with van der Waals surface area (Å²) < 4.78 is 24.5. The van der Waals surface area contributed by atoms with Crippen LogP contribution < -0.4 is 10.0 Å². The van der Waals surface area contributed by atoms with Gasteiger partial charge >= 0.3 is 0 Å². The van der Waals surface area contributed by atoms with Gasteiger partial charge in [0.05, 0.1) is 6.26 Å². The molecule has 0 amide bonds. The van der Waals surface area contributed by atoms with Gasteiger partial charge in [0.2, 0.25) is 10.0 Å². The lowest BCUT2D eigenvalue weighted by Crippen LogP contribution is -2.21. The fraction of sp³-hybridized carbons (Fsp3) is 0.353. The first-order valence-electron chi connectivity index (χ1n) is 7.57. The molecular formula is C17H25N3O2S. The molecule has 126 valence electrons. The molecule has 6 heteroatoms. The van der Waals surface area contributed by atoms with Crippen LogP contribution in [0, 0.1) is 0 Å². The molecule has 23 heavy (non-hydrogen) atoms. The second kappa shape index (κ2) is 9.27. The van der Waals surface area contributed by atoms with Crippen molar-refractivity contribution in [2.75, 3.05) is 18.6 Å². The van der Waals surface area contributed by atoms with Gasteiger partial charge in [-0.05, 0) is 28.8 Å². The topological polar surface area (TPSA) is 71.1 Å². The maximum atomic E-state index is 11.0. The van der Waals surface area contributed by atoms with Crippen LogP contribution in [-0.2, 0) is 16.6 Å². The van der Waals surface area contributed by atoms with Crippen LogP contribution in [0.1, 0.15) is 25.8 Å². The summed E-state index contributed by atoms with van der Waals surface area (Å²) in [7, 11) is -1.33. The van der Waals surface area contributed by atoms with Crippen molar-refractivity contribution in [1.29, 1.82) is 0 Å². The normalized spacial score (nSPS) is 10.6. The van der Waals surface area contributed by atoms with Gasteiger partial charge in [-0.25, -0.2) is 18.1 Å². The Balaban J connectivity index is 0.000000816. The zero-order chi connectivity index (χ0) is 17.3. The zero-order valence-electron chi connectivity index (χ0n) is 14.1. The predicted molar refractivity (Wildman–Crippen MR) is 96.9 cm³/mol. The van der Waals surface area contributed by atoms with Crippen molar-refractivity contribution in [2.45, 2.75) is 26.8 Å². The Morgan fingerprint density at radius 3 is 2.17 bits per heavy atom. The molecular weight excluding hydrogens is 310 g/mol. The highest BCUT2D eigenvalue weighted by atomic mass is 32.2. The van der Waals surface area contributed by atoms with Crippen molar-refractivity contribution >= 4 is 15.8 Å².